The number of rotatable bonds is 8. The van der Waals surface area contributed by atoms with Gasteiger partial charge in [0, 0.05) is 25.8 Å². The van der Waals surface area contributed by atoms with Gasteiger partial charge < -0.3 is 15.8 Å². The molecule has 0 aliphatic heterocycles. The predicted molar refractivity (Wildman–Crippen MR) is 78.1 cm³/mol. The van der Waals surface area contributed by atoms with Gasteiger partial charge in [-0.15, -0.1) is 0 Å². The second-order valence-corrected chi connectivity index (χ2v) is 4.91. The SMILES string of the molecule is COCC(C)CC(=O)Nc1cccc(CCCN)c1. The van der Waals surface area contributed by atoms with Gasteiger partial charge in [-0.05, 0) is 43.0 Å². The summed E-state index contributed by atoms with van der Waals surface area (Å²) in [5.74, 6) is 0.256. The number of benzene rings is 1. The Morgan fingerprint density at radius 2 is 2.26 bits per heavy atom. The zero-order valence-corrected chi connectivity index (χ0v) is 11.8. The van der Waals surface area contributed by atoms with Crippen LogP contribution >= 0.6 is 0 Å². The summed E-state index contributed by atoms with van der Waals surface area (Å²) in [6, 6.07) is 7.93. The first-order valence-corrected chi connectivity index (χ1v) is 6.73. The summed E-state index contributed by atoms with van der Waals surface area (Å²) in [5.41, 5.74) is 7.55. The van der Waals surface area contributed by atoms with Crippen molar-refractivity contribution < 1.29 is 9.53 Å². The van der Waals surface area contributed by atoms with Gasteiger partial charge in [0.15, 0.2) is 0 Å². The van der Waals surface area contributed by atoms with Crippen molar-refractivity contribution in [1.29, 1.82) is 0 Å². The normalized spacial score (nSPS) is 12.2. The zero-order valence-electron chi connectivity index (χ0n) is 11.8. The third-order valence-corrected chi connectivity index (χ3v) is 2.87. The Balaban J connectivity index is 2.49. The molecule has 0 heterocycles. The molecule has 0 bridgehead atoms. The van der Waals surface area contributed by atoms with Crippen molar-refractivity contribution in [3.8, 4) is 0 Å². The van der Waals surface area contributed by atoms with Gasteiger partial charge in [-0.2, -0.15) is 0 Å². The molecule has 0 aliphatic carbocycles. The Morgan fingerprint density at radius 1 is 1.47 bits per heavy atom. The topological polar surface area (TPSA) is 64.3 Å². The molecule has 1 aromatic carbocycles. The van der Waals surface area contributed by atoms with Crippen LogP contribution in [0.2, 0.25) is 0 Å². The van der Waals surface area contributed by atoms with Crippen LogP contribution in [0.15, 0.2) is 24.3 Å². The lowest BCUT2D eigenvalue weighted by molar-refractivity contribution is -0.117. The average Bonchev–Trinajstić information content (AvgIpc) is 2.36. The standard InChI is InChI=1S/C15H24N2O2/c1-12(11-19-2)9-15(18)17-14-7-3-5-13(10-14)6-4-8-16/h3,5,7,10,12H,4,6,8-9,11,16H2,1-2H3,(H,17,18). The van der Waals surface area contributed by atoms with Crippen LogP contribution in [-0.4, -0.2) is 26.2 Å². The first-order valence-electron chi connectivity index (χ1n) is 6.73. The van der Waals surface area contributed by atoms with Crippen molar-refractivity contribution >= 4 is 11.6 Å². The largest absolute Gasteiger partial charge is 0.384 e. The van der Waals surface area contributed by atoms with Crippen molar-refractivity contribution in [2.24, 2.45) is 11.7 Å². The van der Waals surface area contributed by atoms with Crippen molar-refractivity contribution in [2.45, 2.75) is 26.2 Å². The molecule has 1 unspecified atom stereocenters. The molecule has 0 fully saturated rings. The van der Waals surface area contributed by atoms with Gasteiger partial charge >= 0.3 is 0 Å². The Kier molecular flexibility index (Phi) is 7.15. The van der Waals surface area contributed by atoms with E-state index in [1.165, 1.54) is 5.56 Å². The maximum Gasteiger partial charge on any atom is 0.224 e. The van der Waals surface area contributed by atoms with Crippen molar-refractivity contribution in [1.82, 2.24) is 0 Å². The van der Waals surface area contributed by atoms with E-state index in [0.717, 1.165) is 18.5 Å². The number of ether oxygens (including phenoxy) is 1. The van der Waals surface area contributed by atoms with Crippen LogP contribution in [0.4, 0.5) is 5.69 Å². The number of hydrogen-bond acceptors (Lipinski definition) is 3. The number of aryl methyl sites for hydroxylation is 1. The molecule has 4 heteroatoms. The molecule has 1 aromatic rings. The van der Waals surface area contributed by atoms with E-state index in [-0.39, 0.29) is 11.8 Å². The number of nitrogens with two attached hydrogens (primary N) is 1. The zero-order chi connectivity index (χ0) is 14.1. The van der Waals surface area contributed by atoms with Gasteiger partial charge in [0.1, 0.15) is 0 Å². The van der Waals surface area contributed by atoms with Gasteiger partial charge in [0.25, 0.3) is 0 Å². The lowest BCUT2D eigenvalue weighted by atomic mass is 10.1. The monoisotopic (exact) mass is 264 g/mol. The second-order valence-electron chi connectivity index (χ2n) is 4.91. The van der Waals surface area contributed by atoms with Gasteiger partial charge in [-0.25, -0.2) is 0 Å². The van der Waals surface area contributed by atoms with Crippen LogP contribution in [-0.2, 0) is 16.0 Å². The fourth-order valence-corrected chi connectivity index (χ4v) is 1.98. The molecule has 0 aliphatic rings. The molecule has 1 amide bonds. The second kappa shape index (κ2) is 8.67. The van der Waals surface area contributed by atoms with E-state index < -0.39 is 0 Å². The van der Waals surface area contributed by atoms with Gasteiger partial charge in [0.2, 0.25) is 5.91 Å². The number of carbonyl (C=O) groups excluding carboxylic acids is 1. The Morgan fingerprint density at radius 3 is 2.95 bits per heavy atom. The van der Waals surface area contributed by atoms with E-state index in [1.807, 2.05) is 25.1 Å². The third kappa shape index (κ3) is 6.36. The highest BCUT2D eigenvalue weighted by atomic mass is 16.5. The highest BCUT2D eigenvalue weighted by Crippen LogP contribution is 2.13. The minimum absolute atomic E-state index is 0.0283. The van der Waals surface area contributed by atoms with Crippen LogP contribution in [0.25, 0.3) is 0 Å². The van der Waals surface area contributed by atoms with E-state index in [1.54, 1.807) is 7.11 Å². The van der Waals surface area contributed by atoms with Gasteiger partial charge in [0.05, 0.1) is 0 Å². The van der Waals surface area contributed by atoms with E-state index in [0.29, 0.717) is 19.6 Å². The summed E-state index contributed by atoms with van der Waals surface area (Å²) in [5, 5.41) is 2.92. The molecule has 3 N–H and O–H groups in total. The fraction of sp³-hybridized carbons (Fsp3) is 0.533. The molecule has 0 aromatic heterocycles. The van der Waals surface area contributed by atoms with E-state index in [9.17, 15) is 4.79 Å². The molecule has 106 valence electrons. The van der Waals surface area contributed by atoms with E-state index in [4.69, 9.17) is 10.5 Å². The van der Waals surface area contributed by atoms with Crippen LogP contribution < -0.4 is 11.1 Å². The van der Waals surface area contributed by atoms with Crippen LogP contribution in [0, 0.1) is 5.92 Å². The number of carbonyl (C=O) groups is 1. The molecule has 0 saturated heterocycles. The van der Waals surface area contributed by atoms with Crippen molar-refractivity contribution in [2.75, 3.05) is 25.6 Å². The fourth-order valence-electron chi connectivity index (χ4n) is 1.98. The van der Waals surface area contributed by atoms with Crippen LogP contribution in [0.3, 0.4) is 0 Å². The summed E-state index contributed by atoms with van der Waals surface area (Å²) >= 11 is 0. The third-order valence-electron chi connectivity index (χ3n) is 2.87. The summed E-state index contributed by atoms with van der Waals surface area (Å²) < 4.78 is 5.03. The number of anilines is 1. The average molecular weight is 264 g/mol. The molecule has 1 atom stereocenters. The van der Waals surface area contributed by atoms with Crippen LogP contribution in [0.5, 0.6) is 0 Å². The van der Waals surface area contributed by atoms with Gasteiger partial charge in [-0.3, -0.25) is 4.79 Å². The van der Waals surface area contributed by atoms with Gasteiger partial charge in [-0.1, -0.05) is 19.1 Å². The first kappa shape index (κ1) is 15.7. The molecule has 19 heavy (non-hydrogen) atoms. The molecular formula is C15H24N2O2. The first-order chi connectivity index (χ1) is 9.15. The number of hydrogen-bond donors (Lipinski definition) is 2. The van der Waals surface area contributed by atoms with Crippen LogP contribution in [0.1, 0.15) is 25.3 Å². The van der Waals surface area contributed by atoms with E-state index >= 15 is 0 Å². The maximum absolute atomic E-state index is 11.8. The lowest BCUT2D eigenvalue weighted by Crippen LogP contribution is -2.17. The predicted octanol–water partition coefficient (Wildman–Crippen LogP) is 2.19. The minimum Gasteiger partial charge on any atom is -0.384 e. The molecule has 1 rings (SSSR count). The Labute approximate surface area is 115 Å². The molecule has 4 nitrogen and oxygen atoms in total. The highest BCUT2D eigenvalue weighted by Gasteiger charge is 2.09. The number of amides is 1. The minimum atomic E-state index is 0.0283. The summed E-state index contributed by atoms with van der Waals surface area (Å²) in [4.78, 5) is 11.8. The van der Waals surface area contributed by atoms with Crippen molar-refractivity contribution in [3.05, 3.63) is 29.8 Å². The highest BCUT2D eigenvalue weighted by molar-refractivity contribution is 5.90. The number of nitrogens with one attached hydrogen (secondary N) is 1. The lowest BCUT2D eigenvalue weighted by Gasteiger charge is -2.11. The summed E-state index contributed by atoms with van der Waals surface area (Å²) in [6.45, 7) is 3.29. The summed E-state index contributed by atoms with van der Waals surface area (Å²) in [7, 11) is 1.65. The molecule has 0 spiro atoms. The van der Waals surface area contributed by atoms with E-state index in [2.05, 4.69) is 11.4 Å². The smallest absolute Gasteiger partial charge is 0.224 e. The molecular weight excluding hydrogens is 240 g/mol. The number of methoxy groups -OCH3 is 1. The molecule has 0 radical (unpaired) electrons. The Hall–Kier alpha value is -1.39. The summed E-state index contributed by atoms with van der Waals surface area (Å²) in [6.07, 6.45) is 2.38. The quantitative estimate of drug-likeness (QED) is 0.756. The Bertz CT molecular complexity index is 393. The molecule has 0 saturated carbocycles. The maximum atomic E-state index is 11.8. The van der Waals surface area contributed by atoms with Crippen molar-refractivity contribution in [3.63, 3.8) is 0 Å².